The molecule has 0 saturated carbocycles. The van der Waals surface area contributed by atoms with Gasteiger partial charge in [0.05, 0.1) is 6.04 Å². The van der Waals surface area contributed by atoms with Crippen LogP contribution in [0.15, 0.2) is 60.7 Å². The Morgan fingerprint density at radius 2 is 1.43 bits per heavy atom. The second-order valence-electron chi connectivity index (χ2n) is 5.45. The van der Waals surface area contributed by atoms with Crippen LogP contribution in [-0.2, 0) is 4.79 Å². The monoisotopic (exact) mass is 281 g/mol. The van der Waals surface area contributed by atoms with Crippen LogP contribution in [0.25, 0.3) is 0 Å². The molecule has 0 heterocycles. The van der Waals surface area contributed by atoms with E-state index < -0.39 is 0 Å². The lowest BCUT2D eigenvalue weighted by atomic mass is 9.97. The van der Waals surface area contributed by atoms with Gasteiger partial charge < -0.3 is 5.32 Å². The Hall–Kier alpha value is -2.09. The molecule has 2 heteroatoms. The SMILES string of the molecule is CCCC(C)C(=O)NC(c1ccccc1)c1ccccc1. The van der Waals surface area contributed by atoms with E-state index in [1.807, 2.05) is 43.3 Å². The minimum Gasteiger partial charge on any atom is -0.345 e. The number of carbonyl (C=O) groups is 1. The Labute approximate surface area is 127 Å². The molecule has 2 aromatic carbocycles. The zero-order chi connectivity index (χ0) is 15.1. The molecule has 2 rings (SSSR count). The van der Waals surface area contributed by atoms with Gasteiger partial charge in [0.15, 0.2) is 0 Å². The summed E-state index contributed by atoms with van der Waals surface area (Å²) in [7, 11) is 0. The molecule has 0 aliphatic rings. The highest BCUT2D eigenvalue weighted by atomic mass is 16.1. The molecule has 110 valence electrons. The summed E-state index contributed by atoms with van der Waals surface area (Å²) >= 11 is 0. The van der Waals surface area contributed by atoms with Crippen molar-refractivity contribution in [3.8, 4) is 0 Å². The summed E-state index contributed by atoms with van der Waals surface area (Å²) in [5.74, 6) is 0.166. The Kier molecular flexibility index (Phi) is 5.56. The summed E-state index contributed by atoms with van der Waals surface area (Å²) in [5.41, 5.74) is 2.22. The molecule has 1 N–H and O–H groups in total. The van der Waals surface area contributed by atoms with Crippen molar-refractivity contribution < 1.29 is 4.79 Å². The molecule has 1 amide bonds. The maximum absolute atomic E-state index is 12.4. The second-order valence-corrected chi connectivity index (χ2v) is 5.45. The van der Waals surface area contributed by atoms with E-state index in [0.29, 0.717) is 0 Å². The van der Waals surface area contributed by atoms with Gasteiger partial charge in [-0.05, 0) is 17.5 Å². The van der Waals surface area contributed by atoms with Crippen LogP contribution in [-0.4, -0.2) is 5.91 Å². The molecular weight excluding hydrogens is 258 g/mol. The molecule has 0 aliphatic carbocycles. The molecule has 2 nitrogen and oxygen atoms in total. The van der Waals surface area contributed by atoms with E-state index in [0.717, 1.165) is 24.0 Å². The standard InChI is InChI=1S/C19H23NO/c1-3-10-15(2)19(21)20-18(16-11-6-4-7-12-16)17-13-8-5-9-14-17/h4-9,11-15,18H,3,10H2,1-2H3,(H,20,21). The first-order valence-electron chi connectivity index (χ1n) is 7.62. The first-order chi connectivity index (χ1) is 10.2. The summed E-state index contributed by atoms with van der Waals surface area (Å²) in [6, 6.07) is 20.2. The fourth-order valence-corrected chi connectivity index (χ4v) is 2.50. The third kappa shape index (κ3) is 4.19. The van der Waals surface area contributed by atoms with E-state index >= 15 is 0 Å². The maximum atomic E-state index is 12.4. The van der Waals surface area contributed by atoms with E-state index in [2.05, 4.69) is 36.5 Å². The van der Waals surface area contributed by atoms with Crippen LogP contribution in [0.2, 0.25) is 0 Å². The van der Waals surface area contributed by atoms with Crippen molar-refractivity contribution in [2.24, 2.45) is 5.92 Å². The highest BCUT2D eigenvalue weighted by molar-refractivity contribution is 5.79. The molecular formula is C19H23NO. The van der Waals surface area contributed by atoms with Crippen LogP contribution in [0, 0.1) is 5.92 Å². The molecule has 2 aromatic rings. The number of carbonyl (C=O) groups excluding carboxylic acids is 1. The number of hydrogen-bond donors (Lipinski definition) is 1. The third-order valence-electron chi connectivity index (χ3n) is 3.72. The minimum atomic E-state index is -0.0841. The van der Waals surface area contributed by atoms with Gasteiger partial charge in [0.2, 0.25) is 5.91 Å². The largest absolute Gasteiger partial charge is 0.345 e. The number of hydrogen-bond acceptors (Lipinski definition) is 1. The number of benzene rings is 2. The quantitative estimate of drug-likeness (QED) is 0.839. The van der Waals surface area contributed by atoms with E-state index in [9.17, 15) is 4.79 Å². The number of rotatable bonds is 6. The van der Waals surface area contributed by atoms with Gasteiger partial charge in [-0.15, -0.1) is 0 Å². The predicted octanol–water partition coefficient (Wildman–Crippen LogP) is 4.33. The van der Waals surface area contributed by atoms with Crippen LogP contribution in [0.3, 0.4) is 0 Å². The molecule has 0 bridgehead atoms. The lowest BCUT2D eigenvalue weighted by molar-refractivity contribution is -0.125. The number of amides is 1. The van der Waals surface area contributed by atoms with Crippen molar-refractivity contribution in [1.29, 1.82) is 0 Å². The van der Waals surface area contributed by atoms with Gasteiger partial charge in [-0.3, -0.25) is 4.79 Å². The summed E-state index contributed by atoms with van der Waals surface area (Å²) in [6.45, 7) is 4.10. The summed E-state index contributed by atoms with van der Waals surface area (Å²) in [4.78, 5) is 12.4. The highest BCUT2D eigenvalue weighted by Crippen LogP contribution is 2.22. The molecule has 21 heavy (non-hydrogen) atoms. The summed E-state index contributed by atoms with van der Waals surface area (Å²) in [6.07, 6.45) is 1.94. The van der Waals surface area contributed by atoms with Crippen molar-refractivity contribution in [2.45, 2.75) is 32.7 Å². The minimum absolute atomic E-state index is 0.0462. The van der Waals surface area contributed by atoms with Gasteiger partial charge in [0, 0.05) is 5.92 Å². The van der Waals surface area contributed by atoms with Crippen LogP contribution in [0.1, 0.15) is 43.9 Å². The van der Waals surface area contributed by atoms with Crippen molar-refractivity contribution in [3.63, 3.8) is 0 Å². The average Bonchev–Trinajstić information content (AvgIpc) is 2.54. The van der Waals surface area contributed by atoms with E-state index in [-0.39, 0.29) is 17.9 Å². The van der Waals surface area contributed by atoms with Crippen LogP contribution >= 0.6 is 0 Å². The van der Waals surface area contributed by atoms with E-state index in [4.69, 9.17) is 0 Å². The van der Waals surface area contributed by atoms with Crippen LogP contribution in [0.4, 0.5) is 0 Å². The van der Waals surface area contributed by atoms with Crippen LogP contribution in [0.5, 0.6) is 0 Å². The molecule has 0 fully saturated rings. The lowest BCUT2D eigenvalue weighted by Crippen LogP contribution is -2.33. The second kappa shape index (κ2) is 7.63. The van der Waals surface area contributed by atoms with Gasteiger partial charge in [0.25, 0.3) is 0 Å². The average molecular weight is 281 g/mol. The smallest absolute Gasteiger partial charge is 0.223 e. The highest BCUT2D eigenvalue weighted by Gasteiger charge is 2.19. The van der Waals surface area contributed by atoms with Gasteiger partial charge >= 0.3 is 0 Å². The first-order valence-corrected chi connectivity index (χ1v) is 7.62. The van der Waals surface area contributed by atoms with Gasteiger partial charge in [-0.1, -0.05) is 80.9 Å². The molecule has 0 saturated heterocycles. The Bertz CT molecular complexity index is 511. The molecule has 0 spiro atoms. The summed E-state index contributed by atoms with van der Waals surface area (Å²) in [5, 5.41) is 3.20. The van der Waals surface area contributed by atoms with Gasteiger partial charge in [0.1, 0.15) is 0 Å². The van der Waals surface area contributed by atoms with Crippen molar-refractivity contribution in [1.82, 2.24) is 5.32 Å². The van der Waals surface area contributed by atoms with E-state index in [1.165, 1.54) is 0 Å². The topological polar surface area (TPSA) is 29.1 Å². The van der Waals surface area contributed by atoms with Crippen molar-refractivity contribution in [2.75, 3.05) is 0 Å². The van der Waals surface area contributed by atoms with E-state index in [1.54, 1.807) is 0 Å². The normalized spacial score (nSPS) is 12.1. The van der Waals surface area contributed by atoms with Gasteiger partial charge in [-0.25, -0.2) is 0 Å². The third-order valence-corrected chi connectivity index (χ3v) is 3.72. The Morgan fingerprint density at radius 1 is 0.952 bits per heavy atom. The molecule has 0 radical (unpaired) electrons. The van der Waals surface area contributed by atoms with Crippen molar-refractivity contribution >= 4 is 5.91 Å². The summed E-state index contributed by atoms with van der Waals surface area (Å²) < 4.78 is 0. The zero-order valence-corrected chi connectivity index (χ0v) is 12.8. The molecule has 1 atom stereocenters. The fraction of sp³-hybridized carbons (Fsp3) is 0.316. The Balaban J connectivity index is 2.23. The van der Waals surface area contributed by atoms with Crippen LogP contribution < -0.4 is 5.32 Å². The van der Waals surface area contributed by atoms with Gasteiger partial charge in [-0.2, -0.15) is 0 Å². The molecule has 1 unspecified atom stereocenters. The predicted molar refractivity (Wildman–Crippen MR) is 86.9 cm³/mol. The molecule has 0 aromatic heterocycles. The van der Waals surface area contributed by atoms with Crippen molar-refractivity contribution in [3.05, 3.63) is 71.8 Å². The maximum Gasteiger partial charge on any atom is 0.223 e. The fourth-order valence-electron chi connectivity index (χ4n) is 2.50. The number of nitrogens with one attached hydrogen (secondary N) is 1. The zero-order valence-electron chi connectivity index (χ0n) is 12.8. The first kappa shape index (κ1) is 15.3. The molecule has 0 aliphatic heterocycles. The lowest BCUT2D eigenvalue weighted by Gasteiger charge is -2.22. The Morgan fingerprint density at radius 3 is 1.86 bits per heavy atom.